The number of carbonyl (C=O) groups excluding carboxylic acids is 1. The summed E-state index contributed by atoms with van der Waals surface area (Å²) < 4.78 is 0. The van der Waals surface area contributed by atoms with Gasteiger partial charge in [-0.05, 0) is 31.5 Å². The molecule has 0 saturated heterocycles. The number of nitrogens with one attached hydrogen (secondary N) is 1. The van der Waals surface area contributed by atoms with E-state index in [1.165, 1.54) is 12.3 Å². The number of carbonyl (C=O) groups is 1. The number of anilines is 1. The standard InChI is InChI=1S/C20H21N3O2/c1-15(2)23(14-16-8-4-3-5-9-16)20(25)17(12-21)13-22-18-10-6-7-11-19(18)24/h3-11,13,15,22,24H,14H2,1-2H3/b17-13-. The third-order valence-corrected chi connectivity index (χ3v) is 3.71. The Kier molecular flexibility index (Phi) is 6.19. The fraction of sp³-hybridized carbons (Fsp3) is 0.200. The van der Waals surface area contributed by atoms with Gasteiger partial charge in [0.2, 0.25) is 0 Å². The lowest BCUT2D eigenvalue weighted by atomic mass is 10.1. The first kappa shape index (κ1) is 18.1. The molecular formula is C20H21N3O2. The first-order valence-corrected chi connectivity index (χ1v) is 8.02. The van der Waals surface area contributed by atoms with Crippen molar-refractivity contribution in [2.75, 3.05) is 5.32 Å². The molecule has 0 aromatic heterocycles. The molecule has 5 nitrogen and oxygen atoms in total. The van der Waals surface area contributed by atoms with Crippen LogP contribution in [0.15, 0.2) is 66.4 Å². The van der Waals surface area contributed by atoms with Crippen molar-refractivity contribution >= 4 is 11.6 Å². The van der Waals surface area contributed by atoms with Crippen LogP contribution in [0.25, 0.3) is 0 Å². The molecular weight excluding hydrogens is 314 g/mol. The summed E-state index contributed by atoms with van der Waals surface area (Å²) in [4.78, 5) is 14.4. The molecule has 0 unspecified atom stereocenters. The lowest BCUT2D eigenvalue weighted by Crippen LogP contribution is -2.37. The number of benzene rings is 2. The molecule has 0 atom stereocenters. The third-order valence-electron chi connectivity index (χ3n) is 3.71. The number of aromatic hydroxyl groups is 1. The number of para-hydroxylation sites is 2. The van der Waals surface area contributed by atoms with E-state index in [4.69, 9.17) is 0 Å². The molecule has 0 aliphatic carbocycles. The molecule has 0 aliphatic heterocycles. The minimum absolute atomic E-state index is 0.0205. The maximum absolute atomic E-state index is 12.8. The average molecular weight is 335 g/mol. The molecule has 128 valence electrons. The smallest absolute Gasteiger partial charge is 0.266 e. The van der Waals surface area contributed by atoms with E-state index in [-0.39, 0.29) is 23.3 Å². The highest BCUT2D eigenvalue weighted by atomic mass is 16.3. The van der Waals surface area contributed by atoms with Gasteiger partial charge in [-0.15, -0.1) is 0 Å². The zero-order valence-electron chi connectivity index (χ0n) is 14.3. The van der Waals surface area contributed by atoms with Gasteiger partial charge in [-0.2, -0.15) is 5.26 Å². The molecule has 2 N–H and O–H groups in total. The van der Waals surface area contributed by atoms with Gasteiger partial charge < -0.3 is 15.3 Å². The summed E-state index contributed by atoms with van der Waals surface area (Å²) in [6, 6.07) is 18.1. The number of nitriles is 1. The van der Waals surface area contributed by atoms with Crippen molar-refractivity contribution in [2.45, 2.75) is 26.4 Å². The van der Waals surface area contributed by atoms with Crippen LogP contribution < -0.4 is 5.32 Å². The van der Waals surface area contributed by atoms with Crippen LogP contribution in [0.5, 0.6) is 5.75 Å². The summed E-state index contributed by atoms with van der Waals surface area (Å²) in [5.41, 5.74) is 1.41. The lowest BCUT2D eigenvalue weighted by Gasteiger charge is -2.26. The van der Waals surface area contributed by atoms with Gasteiger partial charge in [0, 0.05) is 18.8 Å². The third kappa shape index (κ3) is 4.85. The van der Waals surface area contributed by atoms with E-state index in [1.807, 2.05) is 50.2 Å². The van der Waals surface area contributed by atoms with E-state index in [0.29, 0.717) is 12.2 Å². The van der Waals surface area contributed by atoms with Gasteiger partial charge in [0.1, 0.15) is 17.4 Å². The molecule has 2 aromatic carbocycles. The molecule has 2 aromatic rings. The highest BCUT2D eigenvalue weighted by molar-refractivity contribution is 5.97. The second-order valence-electron chi connectivity index (χ2n) is 5.84. The van der Waals surface area contributed by atoms with Crippen LogP contribution in [-0.4, -0.2) is 22.0 Å². The van der Waals surface area contributed by atoms with Crippen LogP contribution in [0.2, 0.25) is 0 Å². The fourth-order valence-corrected chi connectivity index (χ4v) is 2.31. The Morgan fingerprint density at radius 2 is 1.84 bits per heavy atom. The average Bonchev–Trinajstić information content (AvgIpc) is 2.62. The minimum Gasteiger partial charge on any atom is -0.506 e. The quantitative estimate of drug-likeness (QED) is 0.480. The predicted octanol–water partition coefficient (Wildman–Crippen LogP) is 3.65. The van der Waals surface area contributed by atoms with Gasteiger partial charge in [-0.1, -0.05) is 42.5 Å². The summed E-state index contributed by atoms with van der Waals surface area (Å²) in [5.74, 6) is -0.308. The lowest BCUT2D eigenvalue weighted by molar-refractivity contribution is -0.129. The van der Waals surface area contributed by atoms with E-state index in [0.717, 1.165) is 5.56 Å². The topological polar surface area (TPSA) is 76.4 Å². The van der Waals surface area contributed by atoms with Crippen LogP contribution in [0, 0.1) is 11.3 Å². The number of nitrogens with zero attached hydrogens (tertiary/aromatic N) is 2. The number of amides is 1. The Morgan fingerprint density at radius 1 is 1.20 bits per heavy atom. The molecule has 0 heterocycles. The van der Waals surface area contributed by atoms with E-state index in [9.17, 15) is 15.2 Å². The van der Waals surface area contributed by atoms with Crippen LogP contribution in [0.3, 0.4) is 0 Å². The monoisotopic (exact) mass is 335 g/mol. The molecule has 0 bridgehead atoms. The summed E-state index contributed by atoms with van der Waals surface area (Å²) in [6.07, 6.45) is 1.33. The Balaban J connectivity index is 2.19. The molecule has 0 aliphatic rings. The highest BCUT2D eigenvalue weighted by Gasteiger charge is 2.21. The van der Waals surface area contributed by atoms with Crippen molar-refractivity contribution in [2.24, 2.45) is 0 Å². The first-order chi connectivity index (χ1) is 12.0. The summed E-state index contributed by atoms with van der Waals surface area (Å²) in [5, 5.41) is 21.9. The van der Waals surface area contributed by atoms with Crippen LogP contribution >= 0.6 is 0 Å². The SMILES string of the molecule is CC(C)N(Cc1ccccc1)C(=O)/C(C#N)=C\Nc1ccccc1O. The molecule has 1 amide bonds. The minimum atomic E-state index is -0.357. The Labute approximate surface area is 147 Å². The van der Waals surface area contributed by atoms with Crippen LogP contribution in [-0.2, 0) is 11.3 Å². The van der Waals surface area contributed by atoms with E-state index in [1.54, 1.807) is 23.1 Å². The molecule has 0 radical (unpaired) electrons. The van der Waals surface area contributed by atoms with Gasteiger partial charge in [0.05, 0.1) is 5.69 Å². The zero-order valence-corrected chi connectivity index (χ0v) is 14.3. The van der Waals surface area contributed by atoms with Gasteiger partial charge in [-0.3, -0.25) is 4.79 Å². The van der Waals surface area contributed by atoms with E-state index in [2.05, 4.69) is 5.32 Å². The Hall–Kier alpha value is -3.26. The van der Waals surface area contributed by atoms with Crippen LogP contribution in [0.4, 0.5) is 5.69 Å². The maximum Gasteiger partial charge on any atom is 0.266 e. The molecule has 25 heavy (non-hydrogen) atoms. The number of rotatable bonds is 6. The molecule has 0 saturated carbocycles. The van der Waals surface area contributed by atoms with Crippen molar-refractivity contribution < 1.29 is 9.90 Å². The number of phenolic OH excluding ortho intramolecular Hbond substituents is 1. The molecule has 0 fully saturated rings. The summed E-state index contributed by atoms with van der Waals surface area (Å²) in [6.45, 7) is 4.24. The summed E-state index contributed by atoms with van der Waals surface area (Å²) in [7, 11) is 0. The fourth-order valence-electron chi connectivity index (χ4n) is 2.31. The predicted molar refractivity (Wildman–Crippen MR) is 97.6 cm³/mol. The summed E-state index contributed by atoms with van der Waals surface area (Å²) >= 11 is 0. The zero-order chi connectivity index (χ0) is 18.2. The van der Waals surface area contributed by atoms with Gasteiger partial charge in [0.25, 0.3) is 5.91 Å². The van der Waals surface area contributed by atoms with Gasteiger partial charge in [-0.25, -0.2) is 0 Å². The van der Waals surface area contributed by atoms with Crippen molar-refractivity contribution in [3.8, 4) is 11.8 Å². The molecule has 2 rings (SSSR count). The van der Waals surface area contributed by atoms with Crippen molar-refractivity contribution in [1.29, 1.82) is 5.26 Å². The highest BCUT2D eigenvalue weighted by Crippen LogP contribution is 2.22. The second kappa shape index (κ2) is 8.55. The number of hydrogen-bond donors (Lipinski definition) is 2. The Morgan fingerprint density at radius 3 is 2.44 bits per heavy atom. The van der Waals surface area contributed by atoms with Crippen molar-refractivity contribution in [3.05, 3.63) is 71.9 Å². The van der Waals surface area contributed by atoms with E-state index < -0.39 is 0 Å². The van der Waals surface area contributed by atoms with Crippen LogP contribution in [0.1, 0.15) is 19.4 Å². The normalized spacial score (nSPS) is 11.0. The molecule has 5 heteroatoms. The maximum atomic E-state index is 12.8. The number of hydrogen-bond acceptors (Lipinski definition) is 4. The van der Waals surface area contributed by atoms with Crippen molar-refractivity contribution in [1.82, 2.24) is 4.90 Å². The van der Waals surface area contributed by atoms with E-state index >= 15 is 0 Å². The largest absolute Gasteiger partial charge is 0.506 e. The van der Waals surface area contributed by atoms with Crippen molar-refractivity contribution in [3.63, 3.8) is 0 Å². The second-order valence-corrected chi connectivity index (χ2v) is 5.84. The van der Waals surface area contributed by atoms with Gasteiger partial charge in [0.15, 0.2) is 0 Å². The molecule has 0 spiro atoms. The number of phenols is 1. The first-order valence-electron chi connectivity index (χ1n) is 8.02. The van der Waals surface area contributed by atoms with Gasteiger partial charge >= 0.3 is 0 Å². The Bertz CT molecular complexity index is 792.